The largest absolute Gasteiger partial charge is 0.459 e. The van der Waals surface area contributed by atoms with Gasteiger partial charge in [0.15, 0.2) is 17.8 Å². The second-order valence-corrected chi connectivity index (χ2v) is 17.9. The number of pyridine rings is 1. The van der Waals surface area contributed by atoms with E-state index >= 15 is 0 Å². The molecule has 3 saturated heterocycles. The molecule has 3 aliphatic heterocycles. The van der Waals surface area contributed by atoms with Crippen LogP contribution >= 0.6 is 0 Å². The van der Waals surface area contributed by atoms with Crippen LogP contribution < -0.4 is 0 Å². The number of aliphatic hydroxyl groups excluding tert-OH is 1. The molecule has 0 radical (unpaired) electrons. The summed E-state index contributed by atoms with van der Waals surface area (Å²) >= 11 is 0. The molecule has 16 nitrogen and oxygen atoms in total. The number of amides is 1. The van der Waals surface area contributed by atoms with Gasteiger partial charge in [0.05, 0.1) is 36.3 Å². The first-order valence-electron chi connectivity index (χ1n) is 21.7. The number of aromatic nitrogens is 2. The van der Waals surface area contributed by atoms with Crippen molar-refractivity contribution in [3.05, 3.63) is 36.2 Å². The number of hydrogen-bond acceptors (Lipinski definition) is 15. The van der Waals surface area contributed by atoms with E-state index in [0.29, 0.717) is 35.7 Å². The highest BCUT2D eigenvalue weighted by Gasteiger charge is 2.52. The highest BCUT2D eigenvalue weighted by molar-refractivity contribution is 6.00. The van der Waals surface area contributed by atoms with Crippen molar-refractivity contribution in [3.63, 3.8) is 0 Å². The number of aliphatic hydroxyl groups is 2. The van der Waals surface area contributed by atoms with Crippen LogP contribution in [0.15, 0.2) is 45.3 Å². The predicted molar refractivity (Wildman–Crippen MR) is 226 cm³/mol. The molecule has 5 rings (SSSR count). The maximum atomic E-state index is 14.6. The van der Waals surface area contributed by atoms with E-state index in [1.54, 1.807) is 45.3 Å². The predicted octanol–water partition coefficient (Wildman–Crippen LogP) is 5.57. The summed E-state index contributed by atoms with van der Waals surface area (Å²) in [5.74, 6) is -4.84. The number of likely N-dealkylation sites (N-methyl/N-ethyl adjacent to an activating group) is 1. The third kappa shape index (κ3) is 11.2. The maximum Gasteiger partial charge on any atom is 0.316 e. The van der Waals surface area contributed by atoms with Gasteiger partial charge < -0.3 is 43.4 Å². The number of Topliss-reactive ketones (excluding diaryl/α,β-unsaturated/α-hetero) is 1. The van der Waals surface area contributed by atoms with Crippen LogP contribution in [0.2, 0.25) is 0 Å². The quantitative estimate of drug-likeness (QED) is 0.180. The van der Waals surface area contributed by atoms with Gasteiger partial charge in [-0.3, -0.25) is 19.4 Å². The fourth-order valence-corrected chi connectivity index (χ4v) is 9.37. The Morgan fingerprint density at radius 1 is 1.07 bits per heavy atom. The van der Waals surface area contributed by atoms with Crippen molar-refractivity contribution in [1.82, 2.24) is 15.0 Å². The number of cyclic esters (lactones) is 1. The third-order valence-electron chi connectivity index (χ3n) is 13.0. The third-order valence-corrected chi connectivity index (χ3v) is 13.0. The van der Waals surface area contributed by atoms with E-state index in [1.165, 1.54) is 6.92 Å². The van der Waals surface area contributed by atoms with Crippen LogP contribution in [0, 0.1) is 29.6 Å². The lowest BCUT2D eigenvalue weighted by Gasteiger charge is -2.47. The van der Waals surface area contributed by atoms with Gasteiger partial charge in [0.1, 0.15) is 36.0 Å². The maximum absolute atomic E-state index is 14.6. The highest BCUT2D eigenvalue weighted by atomic mass is 16.7. The van der Waals surface area contributed by atoms with Crippen molar-refractivity contribution in [2.24, 2.45) is 39.7 Å². The minimum Gasteiger partial charge on any atom is -0.459 e. The van der Waals surface area contributed by atoms with Crippen molar-refractivity contribution < 1.29 is 52.9 Å². The van der Waals surface area contributed by atoms with Crippen LogP contribution in [0.1, 0.15) is 106 Å². The Bertz CT molecular complexity index is 1850. The number of ketones is 1. The number of esters is 1. The molecule has 0 aliphatic carbocycles. The lowest BCUT2D eigenvalue weighted by Crippen LogP contribution is -2.59. The molecule has 3 aliphatic rings. The van der Waals surface area contributed by atoms with Crippen LogP contribution in [0.4, 0.5) is 0 Å². The van der Waals surface area contributed by atoms with Crippen molar-refractivity contribution >= 4 is 29.1 Å². The number of fused-ring (bicyclic) bond motifs is 5. The Kier molecular flexibility index (Phi) is 16.2. The van der Waals surface area contributed by atoms with Crippen molar-refractivity contribution in [1.29, 1.82) is 0 Å². The molecule has 2 aromatic heterocycles. The standard InChI is InChI=1S/C45H67N5O11/c1-12-36-45(9,55)32-16-15-31(49-57-23-30-14-17-33(46-22-30)35-18-19-47-61-35)24-56-44(8,21-25(3)38(27(32)5)48-37(51)13-2)41(28(6)39(52)29(7)42(54)59-36)60-43-40(53)34(50(10)11)20-26(4)58-43/h14,17-19,22,25-29,32,34,36,40-41,43,53,55H,12-13,15-16,20-21,23-24H2,1-11H3/b48-38+,49-31+/t25-,26-,27-,28+,29-,32-,34+,36-,40-,41-,43+,44-,45+/m1/s1. The molecule has 2 aromatic rings. The van der Waals surface area contributed by atoms with E-state index in [2.05, 4.69) is 20.3 Å². The molecule has 0 spiro atoms. The van der Waals surface area contributed by atoms with Gasteiger partial charge in [-0.05, 0) is 91.8 Å². The second-order valence-electron chi connectivity index (χ2n) is 17.9. The van der Waals surface area contributed by atoms with Crippen molar-refractivity contribution in [2.75, 3.05) is 20.7 Å². The van der Waals surface area contributed by atoms with Gasteiger partial charge in [-0.25, -0.2) is 4.99 Å². The summed E-state index contributed by atoms with van der Waals surface area (Å²) in [6.45, 7) is 16.0. The number of aliphatic imine (C=N–C) groups is 1. The van der Waals surface area contributed by atoms with E-state index in [-0.39, 0.29) is 57.0 Å². The van der Waals surface area contributed by atoms with E-state index in [0.717, 1.165) is 5.56 Å². The van der Waals surface area contributed by atoms with E-state index < -0.39 is 77.1 Å². The van der Waals surface area contributed by atoms with Crippen molar-refractivity contribution in [2.45, 2.75) is 155 Å². The molecule has 5 heterocycles. The van der Waals surface area contributed by atoms with Crippen LogP contribution in [0.25, 0.3) is 11.5 Å². The van der Waals surface area contributed by atoms with Gasteiger partial charge in [0.25, 0.3) is 0 Å². The van der Waals surface area contributed by atoms with Crippen LogP contribution in [0.5, 0.6) is 0 Å². The number of oxime groups is 1. The monoisotopic (exact) mass is 853 g/mol. The summed E-state index contributed by atoms with van der Waals surface area (Å²) in [4.78, 5) is 58.8. The van der Waals surface area contributed by atoms with E-state index in [1.807, 2.05) is 59.7 Å². The number of nitrogens with zero attached hydrogens (tertiary/aromatic N) is 5. The summed E-state index contributed by atoms with van der Waals surface area (Å²) in [5.41, 5.74) is -0.583. The zero-order chi connectivity index (χ0) is 44.8. The number of ether oxygens (including phenoxy) is 4. The molecule has 0 saturated carbocycles. The molecule has 13 atom stereocenters. The Hall–Kier alpha value is -3.93. The molecule has 0 unspecified atom stereocenters. The lowest BCUT2D eigenvalue weighted by molar-refractivity contribution is -0.296. The smallest absolute Gasteiger partial charge is 0.316 e. The second kappa shape index (κ2) is 20.5. The fraction of sp³-hybridized carbons (Fsp3) is 0.711. The van der Waals surface area contributed by atoms with Gasteiger partial charge >= 0.3 is 5.97 Å². The summed E-state index contributed by atoms with van der Waals surface area (Å²) in [7, 11) is 3.75. The Labute approximate surface area is 359 Å². The normalized spacial score (nSPS) is 37.2. The molecule has 3 fully saturated rings. The Morgan fingerprint density at radius 2 is 1.80 bits per heavy atom. The number of hydrogen-bond donors (Lipinski definition) is 2. The Balaban J connectivity index is 1.64. The van der Waals surface area contributed by atoms with E-state index in [9.17, 15) is 24.6 Å². The summed E-state index contributed by atoms with van der Waals surface area (Å²) in [6.07, 6.45) is 0.287. The van der Waals surface area contributed by atoms with Gasteiger partial charge in [-0.1, -0.05) is 51.0 Å². The average Bonchev–Trinajstić information content (AvgIpc) is 3.77. The molecule has 2 bridgehead atoms. The minimum atomic E-state index is -1.64. The van der Waals surface area contributed by atoms with Crippen LogP contribution in [-0.2, 0) is 44.8 Å². The summed E-state index contributed by atoms with van der Waals surface area (Å²) < 4.78 is 31.4. The zero-order valence-corrected chi connectivity index (χ0v) is 37.7. The zero-order valence-electron chi connectivity index (χ0n) is 37.7. The highest BCUT2D eigenvalue weighted by Crippen LogP contribution is 2.42. The molecule has 1 amide bonds. The molecular weight excluding hydrogens is 787 g/mol. The van der Waals surface area contributed by atoms with E-state index in [4.69, 9.17) is 28.3 Å². The van der Waals surface area contributed by atoms with Crippen molar-refractivity contribution in [3.8, 4) is 11.5 Å². The Morgan fingerprint density at radius 3 is 2.43 bits per heavy atom. The van der Waals surface area contributed by atoms with Crippen LogP contribution in [0.3, 0.4) is 0 Å². The number of carbonyl (C=O) groups excluding carboxylic acids is 3. The first-order valence-corrected chi connectivity index (χ1v) is 21.7. The summed E-state index contributed by atoms with van der Waals surface area (Å²) in [5, 5.41) is 32.6. The molecule has 338 valence electrons. The number of carbonyl (C=O) groups is 3. The van der Waals surface area contributed by atoms with Gasteiger partial charge in [0, 0.05) is 47.8 Å². The lowest BCUT2D eigenvalue weighted by atomic mass is 9.68. The SMILES string of the molecule is CCC(=O)/N=C1\[C@H](C)C[C@@]2(C)OC/C(=N/OCc3ccc(-c4ccno4)nc3)CC[C@H]([C@H]1C)[C@](C)(O)[C@@H](CC)OC(=O)[C@H](C)C(=O)[C@H](C)[C@H]2O[C@@H]1O[C@H](C)C[C@H](N(C)C)[C@H]1O. The molecule has 2 N–H and O–H groups in total. The van der Waals surface area contributed by atoms with Crippen LogP contribution in [-0.4, -0.2) is 123 Å². The van der Waals surface area contributed by atoms with Gasteiger partial charge in [-0.2, -0.15) is 0 Å². The van der Waals surface area contributed by atoms with Gasteiger partial charge in [0.2, 0.25) is 5.91 Å². The van der Waals surface area contributed by atoms with Gasteiger partial charge in [-0.15, -0.1) is 0 Å². The fourth-order valence-electron chi connectivity index (χ4n) is 9.37. The molecule has 16 heteroatoms. The number of rotatable bonds is 9. The molecule has 0 aromatic carbocycles. The molecular formula is C45H67N5O11. The first kappa shape index (κ1) is 48.1. The first-order chi connectivity index (χ1) is 28.8. The molecule has 61 heavy (non-hydrogen) atoms. The minimum absolute atomic E-state index is 0.0662. The average molecular weight is 854 g/mol. The topological polar surface area (TPSA) is 205 Å². The summed E-state index contributed by atoms with van der Waals surface area (Å²) in [6, 6.07) is 5.06.